The van der Waals surface area contributed by atoms with Gasteiger partial charge in [0.2, 0.25) is 0 Å². The van der Waals surface area contributed by atoms with Gasteiger partial charge in [-0.05, 0) is 49.1 Å². The topological polar surface area (TPSA) is 46.4 Å². The van der Waals surface area contributed by atoms with Crippen LogP contribution in [-0.4, -0.2) is 15.3 Å². The lowest BCUT2D eigenvalue weighted by Crippen LogP contribution is -2.16. The summed E-state index contributed by atoms with van der Waals surface area (Å²) < 4.78 is 1.90. The Morgan fingerprint density at radius 1 is 1.17 bits per heavy atom. The quantitative estimate of drug-likeness (QED) is 0.756. The van der Waals surface area contributed by atoms with E-state index in [1.807, 2.05) is 53.9 Å². The van der Waals surface area contributed by atoms with E-state index in [4.69, 9.17) is 4.98 Å². The smallest absolute Gasteiger partial charge is 0.274 e. The average molecular weight is 321 g/mol. The molecule has 0 aliphatic carbocycles. The number of carbonyl (C=O) groups excluding carboxylic acids is 1. The molecule has 124 valence electrons. The lowest BCUT2D eigenvalue weighted by Gasteiger charge is -2.08. The van der Waals surface area contributed by atoms with Crippen LogP contribution in [0, 0.1) is 6.92 Å². The molecule has 0 saturated carbocycles. The van der Waals surface area contributed by atoms with Crippen LogP contribution in [0.15, 0.2) is 42.6 Å². The number of nitrogens with one attached hydrogen (secondary N) is 1. The normalized spacial score (nSPS) is 11.0. The van der Waals surface area contributed by atoms with Gasteiger partial charge in [-0.25, -0.2) is 4.98 Å². The van der Waals surface area contributed by atoms with Gasteiger partial charge < -0.3 is 5.32 Å². The monoisotopic (exact) mass is 321 g/mol. The molecule has 0 atom stereocenters. The van der Waals surface area contributed by atoms with Gasteiger partial charge in [-0.3, -0.25) is 9.20 Å². The molecule has 2 heterocycles. The Balaban J connectivity index is 1.98. The minimum absolute atomic E-state index is 0.110. The van der Waals surface area contributed by atoms with E-state index in [9.17, 15) is 4.79 Å². The molecule has 0 saturated heterocycles. The number of hydrogen-bond donors (Lipinski definition) is 1. The van der Waals surface area contributed by atoms with Crippen molar-refractivity contribution in [2.45, 2.75) is 40.0 Å². The number of aromatic nitrogens is 2. The molecule has 0 radical (unpaired) electrons. The van der Waals surface area contributed by atoms with Crippen LogP contribution in [0.3, 0.4) is 0 Å². The van der Waals surface area contributed by atoms with E-state index >= 15 is 0 Å². The Bertz CT molecular complexity index is 862. The fraction of sp³-hybridized carbons (Fsp3) is 0.300. The molecule has 0 aliphatic rings. The Kier molecular flexibility index (Phi) is 4.65. The summed E-state index contributed by atoms with van der Waals surface area (Å²) in [5.74, 6) is -0.110. The summed E-state index contributed by atoms with van der Waals surface area (Å²) in [6.45, 7) is 6.23. The van der Waals surface area contributed by atoms with Gasteiger partial charge in [-0.15, -0.1) is 0 Å². The third-order valence-electron chi connectivity index (χ3n) is 4.24. The zero-order chi connectivity index (χ0) is 17.1. The zero-order valence-electron chi connectivity index (χ0n) is 14.5. The molecule has 0 spiro atoms. The first kappa shape index (κ1) is 16.2. The van der Waals surface area contributed by atoms with Crippen molar-refractivity contribution in [1.82, 2.24) is 9.38 Å². The molecule has 0 bridgehead atoms. The van der Waals surface area contributed by atoms with Gasteiger partial charge >= 0.3 is 0 Å². The minimum atomic E-state index is -0.110. The summed E-state index contributed by atoms with van der Waals surface area (Å²) in [6, 6.07) is 12.0. The predicted molar refractivity (Wildman–Crippen MR) is 97.7 cm³/mol. The first-order valence-corrected chi connectivity index (χ1v) is 8.50. The third kappa shape index (κ3) is 3.04. The predicted octanol–water partition coefficient (Wildman–Crippen LogP) is 4.41. The number of amides is 1. The maximum absolute atomic E-state index is 12.9. The molecular formula is C20H23N3O. The molecule has 1 N–H and O–H groups in total. The molecule has 1 amide bonds. The van der Waals surface area contributed by atoms with Crippen LogP contribution in [0.5, 0.6) is 0 Å². The number of fused-ring (bicyclic) bond motifs is 1. The van der Waals surface area contributed by atoms with Crippen molar-refractivity contribution in [1.29, 1.82) is 0 Å². The molecule has 1 aromatic carbocycles. The van der Waals surface area contributed by atoms with Gasteiger partial charge in [-0.1, -0.05) is 38.5 Å². The Morgan fingerprint density at radius 3 is 2.58 bits per heavy atom. The number of carbonyl (C=O) groups is 1. The molecule has 4 nitrogen and oxygen atoms in total. The molecule has 0 aliphatic heterocycles. The van der Waals surface area contributed by atoms with Crippen LogP contribution in [0.25, 0.3) is 5.65 Å². The van der Waals surface area contributed by atoms with Crippen molar-refractivity contribution in [2.75, 3.05) is 5.32 Å². The van der Waals surface area contributed by atoms with Crippen LogP contribution in [0.2, 0.25) is 0 Å². The molecule has 3 aromatic rings. The third-order valence-corrected chi connectivity index (χ3v) is 4.24. The second-order valence-corrected chi connectivity index (χ2v) is 6.05. The van der Waals surface area contributed by atoms with Crippen molar-refractivity contribution in [3.05, 3.63) is 65.1 Å². The van der Waals surface area contributed by atoms with E-state index in [0.29, 0.717) is 5.69 Å². The molecule has 0 unspecified atom stereocenters. The Morgan fingerprint density at radius 2 is 1.92 bits per heavy atom. The van der Waals surface area contributed by atoms with Crippen LogP contribution in [0.1, 0.15) is 47.6 Å². The number of nitrogens with zero attached hydrogens (tertiary/aromatic N) is 2. The highest BCUT2D eigenvalue weighted by atomic mass is 16.2. The second-order valence-electron chi connectivity index (χ2n) is 6.05. The SMILES string of the molecule is CCCc1nc2c(C)cccn2c1C(=O)Nc1ccc(CC)cc1. The highest BCUT2D eigenvalue weighted by Crippen LogP contribution is 2.19. The van der Waals surface area contributed by atoms with Gasteiger partial charge in [0.15, 0.2) is 0 Å². The fourth-order valence-electron chi connectivity index (χ4n) is 2.92. The Hall–Kier alpha value is -2.62. The van der Waals surface area contributed by atoms with E-state index in [2.05, 4.69) is 19.2 Å². The minimum Gasteiger partial charge on any atom is -0.321 e. The molecular weight excluding hydrogens is 298 g/mol. The summed E-state index contributed by atoms with van der Waals surface area (Å²) >= 11 is 0. The van der Waals surface area contributed by atoms with Crippen molar-refractivity contribution < 1.29 is 4.79 Å². The van der Waals surface area contributed by atoms with Crippen LogP contribution in [-0.2, 0) is 12.8 Å². The van der Waals surface area contributed by atoms with E-state index in [1.54, 1.807) is 0 Å². The zero-order valence-corrected chi connectivity index (χ0v) is 14.5. The van der Waals surface area contributed by atoms with Gasteiger partial charge in [0.25, 0.3) is 5.91 Å². The number of aryl methyl sites for hydroxylation is 3. The average Bonchev–Trinajstić information content (AvgIpc) is 2.95. The summed E-state index contributed by atoms with van der Waals surface area (Å²) in [6.07, 6.45) is 4.64. The number of rotatable bonds is 5. The van der Waals surface area contributed by atoms with Crippen molar-refractivity contribution >= 4 is 17.2 Å². The largest absolute Gasteiger partial charge is 0.321 e. The van der Waals surface area contributed by atoms with Crippen LogP contribution in [0.4, 0.5) is 5.69 Å². The number of pyridine rings is 1. The number of benzene rings is 1. The van der Waals surface area contributed by atoms with E-state index in [-0.39, 0.29) is 5.91 Å². The Labute approximate surface area is 142 Å². The maximum Gasteiger partial charge on any atom is 0.274 e. The van der Waals surface area contributed by atoms with Crippen molar-refractivity contribution in [3.8, 4) is 0 Å². The lowest BCUT2D eigenvalue weighted by atomic mass is 10.1. The van der Waals surface area contributed by atoms with E-state index < -0.39 is 0 Å². The van der Waals surface area contributed by atoms with Gasteiger partial charge in [0.1, 0.15) is 11.3 Å². The molecule has 24 heavy (non-hydrogen) atoms. The lowest BCUT2D eigenvalue weighted by molar-refractivity contribution is 0.102. The van der Waals surface area contributed by atoms with Crippen molar-refractivity contribution in [3.63, 3.8) is 0 Å². The molecule has 3 rings (SSSR count). The van der Waals surface area contributed by atoms with Gasteiger partial charge in [0.05, 0.1) is 5.69 Å². The number of imidazole rings is 1. The highest BCUT2D eigenvalue weighted by molar-refractivity contribution is 6.04. The maximum atomic E-state index is 12.9. The van der Waals surface area contributed by atoms with Gasteiger partial charge in [-0.2, -0.15) is 0 Å². The fourth-order valence-corrected chi connectivity index (χ4v) is 2.92. The summed E-state index contributed by atoms with van der Waals surface area (Å²) in [7, 11) is 0. The van der Waals surface area contributed by atoms with E-state index in [0.717, 1.165) is 41.9 Å². The van der Waals surface area contributed by atoms with Gasteiger partial charge in [0, 0.05) is 11.9 Å². The van der Waals surface area contributed by atoms with Crippen molar-refractivity contribution in [2.24, 2.45) is 0 Å². The van der Waals surface area contributed by atoms with Crippen LogP contribution < -0.4 is 5.32 Å². The summed E-state index contributed by atoms with van der Waals surface area (Å²) in [5, 5.41) is 3.01. The summed E-state index contributed by atoms with van der Waals surface area (Å²) in [4.78, 5) is 17.6. The number of anilines is 1. The first-order chi connectivity index (χ1) is 11.6. The van der Waals surface area contributed by atoms with E-state index in [1.165, 1.54) is 5.56 Å². The number of hydrogen-bond acceptors (Lipinski definition) is 2. The van der Waals surface area contributed by atoms with Crippen LogP contribution >= 0.6 is 0 Å². The first-order valence-electron chi connectivity index (χ1n) is 8.50. The second kappa shape index (κ2) is 6.87. The molecule has 4 heteroatoms. The summed E-state index contributed by atoms with van der Waals surface area (Å²) in [5.41, 5.74) is 5.48. The highest BCUT2D eigenvalue weighted by Gasteiger charge is 2.19. The standard InChI is InChI=1S/C20H23N3O/c1-4-7-17-18(23-13-6-8-14(3)19(23)22-17)20(24)21-16-11-9-15(5-2)10-12-16/h6,8-13H,4-5,7H2,1-3H3,(H,21,24). The molecule has 2 aromatic heterocycles. The molecule has 0 fully saturated rings.